The molecule has 0 radical (unpaired) electrons. The van der Waals surface area contributed by atoms with Gasteiger partial charge in [-0.25, -0.2) is 0 Å². The Balaban J connectivity index is 0. The molecule has 0 heterocycles. The van der Waals surface area contributed by atoms with E-state index in [-0.39, 0.29) is 43.5 Å². The van der Waals surface area contributed by atoms with Crippen LogP contribution in [0.25, 0.3) is 0 Å². The van der Waals surface area contributed by atoms with Crippen LogP contribution >= 0.6 is 0 Å². The minimum absolute atomic E-state index is 0. The maximum atomic E-state index is 10.8. The fourth-order valence-electron chi connectivity index (χ4n) is 0.798. The van der Waals surface area contributed by atoms with Crippen molar-refractivity contribution in [2.24, 2.45) is 0 Å². The molecule has 0 rings (SSSR count). The first kappa shape index (κ1) is 16.6. The molecule has 0 aliphatic heterocycles. The Morgan fingerprint density at radius 3 is 2.15 bits per heavy atom. The van der Waals surface area contributed by atoms with Crippen LogP contribution in [0.4, 0.5) is 0 Å². The molecule has 0 spiro atoms. The van der Waals surface area contributed by atoms with Gasteiger partial charge in [-0.2, -0.15) is 8.42 Å². The van der Waals surface area contributed by atoms with Gasteiger partial charge in [0.05, 0.1) is 12.4 Å². The van der Waals surface area contributed by atoms with E-state index in [0.29, 0.717) is 6.61 Å². The second-order valence-electron chi connectivity index (χ2n) is 2.73. The summed E-state index contributed by atoms with van der Waals surface area (Å²) in [6.07, 6.45) is 4.19. The van der Waals surface area contributed by atoms with Crippen molar-refractivity contribution in [2.45, 2.75) is 39.5 Å². The van der Waals surface area contributed by atoms with Crippen LogP contribution in [0.5, 0.6) is 0 Å². The molecule has 0 bridgehead atoms. The van der Waals surface area contributed by atoms with Crippen molar-refractivity contribution in [3.63, 3.8) is 0 Å². The first-order valence-corrected chi connectivity index (χ1v) is 6.07. The topological polar surface area (TPSA) is 43.4 Å². The van der Waals surface area contributed by atoms with Crippen molar-refractivity contribution >= 4 is 47.9 Å². The number of hydrogen-bond donors (Lipinski definition) is 0. The van der Waals surface area contributed by atoms with E-state index >= 15 is 0 Å². The SMILES string of the molecule is CCCCCCOS(=O)(=O)CC.[CaH2]. The average molecular weight is 236 g/mol. The summed E-state index contributed by atoms with van der Waals surface area (Å²) in [5, 5.41) is 0. The minimum atomic E-state index is -3.21. The summed E-state index contributed by atoms with van der Waals surface area (Å²) in [6, 6.07) is 0. The Hall–Kier alpha value is 1.17. The monoisotopic (exact) mass is 236 g/mol. The predicted octanol–water partition coefficient (Wildman–Crippen LogP) is 1.02. The molecular weight excluding hydrogens is 216 g/mol. The zero-order valence-electron chi connectivity index (χ0n) is 7.88. The third-order valence-corrected chi connectivity index (χ3v) is 2.85. The van der Waals surface area contributed by atoms with Gasteiger partial charge in [-0.05, 0) is 13.3 Å². The van der Waals surface area contributed by atoms with Gasteiger partial charge in [0, 0.05) is 0 Å². The number of unbranched alkanes of at least 4 members (excludes halogenated alkanes) is 3. The Labute approximate surface area is 111 Å². The summed E-state index contributed by atoms with van der Waals surface area (Å²) in [5.74, 6) is 0.0702. The molecule has 0 fully saturated rings. The number of hydrogen-bond acceptors (Lipinski definition) is 3. The second-order valence-corrected chi connectivity index (χ2v) is 4.66. The van der Waals surface area contributed by atoms with Gasteiger partial charge in [-0.1, -0.05) is 26.2 Å². The van der Waals surface area contributed by atoms with Crippen LogP contribution in [0.15, 0.2) is 0 Å². The van der Waals surface area contributed by atoms with Gasteiger partial charge in [0.2, 0.25) is 0 Å². The standard InChI is InChI=1S/C8H18O3S.Ca.2H/c1-3-5-6-7-8-11-12(9,10)4-2;;;/h3-8H2,1-2H3;;;. The summed E-state index contributed by atoms with van der Waals surface area (Å²) < 4.78 is 26.3. The fraction of sp³-hybridized carbons (Fsp3) is 1.00. The molecule has 0 saturated heterocycles. The van der Waals surface area contributed by atoms with Crippen molar-refractivity contribution in [2.75, 3.05) is 12.4 Å². The van der Waals surface area contributed by atoms with Crippen molar-refractivity contribution in [3.8, 4) is 0 Å². The van der Waals surface area contributed by atoms with E-state index in [1.807, 2.05) is 0 Å². The molecule has 78 valence electrons. The van der Waals surface area contributed by atoms with Gasteiger partial charge >= 0.3 is 37.7 Å². The van der Waals surface area contributed by atoms with Crippen LogP contribution in [-0.4, -0.2) is 58.5 Å². The molecule has 0 atom stereocenters. The van der Waals surface area contributed by atoms with Gasteiger partial charge in [0.1, 0.15) is 0 Å². The Bertz CT molecular complexity index is 190. The molecule has 0 saturated carbocycles. The van der Waals surface area contributed by atoms with E-state index in [0.717, 1.165) is 25.7 Å². The van der Waals surface area contributed by atoms with E-state index in [2.05, 4.69) is 6.92 Å². The van der Waals surface area contributed by atoms with Crippen LogP contribution in [-0.2, 0) is 14.3 Å². The Morgan fingerprint density at radius 2 is 1.69 bits per heavy atom. The third kappa shape index (κ3) is 11.1. The van der Waals surface area contributed by atoms with E-state index in [4.69, 9.17) is 4.18 Å². The summed E-state index contributed by atoms with van der Waals surface area (Å²) in [4.78, 5) is 0. The molecule has 0 amide bonds. The Morgan fingerprint density at radius 1 is 1.08 bits per heavy atom. The van der Waals surface area contributed by atoms with Crippen molar-refractivity contribution in [1.82, 2.24) is 0 Å². The first-order chi connectivity index (χ1) is 5.62. The van der Waals surface area contributed by atoms with E-state index in [1.54, 1.807) is 6.92 Å². The fourth-order valence-corrected chi connectivity index (χ4v) is 1.34. The molecule has 0 aromatic heterocycles. The van der Waals surface area contributed by atoms with Crippen LogP contribution in [0.2, 0.25) is 0 Å². The zero-order valence-corrected chi connectivity index (χ0v) is 8.69. The van der Waals surface area contributed by atoms with E-state index < -0.39 is 10.1 Å². The van der Waals surface area contributed by atoms with Crippen molar-refractivity contribution in [3.05, 3.63) is 0 Å². The number of rotatable bonds is 7. The summed E-state index contributed by atoms with van der Waals surface area (Å²) >= 11 is 0. The summed E-state index contributed by atoms with van der Waals surface area (Å²) in [6.45, 7) is 4.04. The molecule has 0 aromatic rings. The van der Waals surface area contributed by atoms with Crippen LogP contribution in [0.1, 0.15) is 39.5 Å². The van der Waals surface area contributed by atoms with E-state index in [9.17, 15) is 8.42 Å². The normalized spacial score (nSPS) is 10.9. The molecule has 0 unspecified atom stereocenters. The second kappa shape index (κ2) is 9.71. The molecule has 0 aromatic carbocycles. The predicted molar refractivity (Wildman–Crippen MR) is 58.1 cm³/mol. The third-order valence-electron chi connectivity index (χ3n) is 1.61. The molecule has 0 N–H and O–H groups in total. The molecule has 0 aliphatic carbocycles. The quantitative estimate of drug-likeness (QED) is 0.376. The van der Waals surface area contributed by atoms with Gasteiger partial charge in [-0.3, -0.25) is 4.18 Å². The zero-order chi connectivity index (χ0) is 9.45. The van der Waals surface area contributed by atoms with Crippen LogP contribution in [0.3, 0.4) is 0 Å². The molecular formula is C8H20CaO3S. The summed E-state index contributed by atoms with van der Waals surface area (Å²) in [5.41, 5.74) is 0. The van der Waals surface area contributed by atoms with Crippen molar-refractivity contribution < 1.29 is 12.6 Å². The van der Waals surface area contributed by atoms with Crippen LogP contribution in [0, 0.1) is 0 Å². The van der Waals surface area contributed by atoms with Gasteiger partial charge in [0.15, 0.2) is 0 Å². The first-order valence-electron chi connectivity index (χ1n) is 4.49. The van der Waals surface area contributed by atoms with Gasteiger partial charge in [-0.15, -0.1) is 0 Å². The maximum absolute atomic E-state index is 10.8. The van der Waals surface area contributed by atoms with E-state index in [1.165, 1.54) is 0 Å². The van der Waals surface area contributed by atoms with Gasteiger partial charge in [0.25, 0.3) is 10.1 Å². The van der Waals surface area contributed by atoms with Gasteiger partial charge < -0.3 is 0 Å². The van der Waals surface area contributed by atoms with Crippen LogP contribution < -0.4 is 0 Å². The summed E-state index contributed by atoms with van der Waals surface area (Å²) in [7, 11) is -3.21. The Kier molecular flexibility index (Phi) is 12.4. The molecule has 0 aliphatic rings. The molecule has 13 heavy (non-hydrogen) atoms. The van der Waals surface area contributed by atoms with Crippen molar-refractivity contribution in [1.29, 1.82) is 0 Å². The average Bonchev–Trinajstić information content (AvgIpc) is 2.04. The molecule has 3 nitrogen and oxygen atoms in total. The molecule has 5 heteroatoms.